The SMILES string of the molecule is O=C(CNCC1CC1)Nc1nc(-c2ccc3c(c2)OCCO3)cs1. The molecule has 1 aliphatic carbocycles. The number of nitrogens with one attached hydrogen (secondary N) is 2. The number of carbonyl (C=O) groups is 1. The molecule has 6 nitrogen and oxygen atoms in total. The largest absolute Gasteiger partial charge is 0.486 e. The fourth-order valence-corrected chi connectivity index (χ4v) is 3.28. The lowest BCUT2D eigenvalue weighted by atomic mass is 10.1. The van der Waals surface area contributed by atoms with E-state index in [4.69, 9.17) is 9.47 Å². The average Bonchev–Trinajstić information content (AvgIpc) is 3.31. The van der Waals surface area contributed by atoms with Gasteiger partial charge < -0.3 is 20.1 Å². The maximum absolute atomic E-state index is 11.9. The summed E-state index contributed by atoms with van der Waals surface area (Å²) in [6.45, 7) is 2.39. The minimum Gasteiger partial charge on any atom is -0.486 e. The maximum atomic E-state index is 11.9. The number of rotatable bonds is 6. The molecule has 2 aliphatic rings. The van der Waals surface area contributed by atoms with Gasteiger partial charge in [-0.25, -0.2) is 4.98 Å². The van der Waals surface area contributed by atoms with E-state index in [9.17, 15) is 4.79 Å². The monoisotopic (exact) mass is 345 g/mol. The standard InChI is InChI=1S/C17H19N3O3S/c21-16(9-18-8-11-1-2-11)20-17-19-13(10-24-17)12-3-4-14-15(7-12)23-6-5-22-14/h3-4,7,10-11,18H,1-2,5-6,8-9H2,(H,19,20,21). The molecule has 1 amide bonds. The predicted molar refractivity (Wildman–Crippen MR) is 92.8 cm³/mol. The molecule has 1 aromatic heterocycles. The number of anilines is 1. The molecule has 7 heteroatoms. The third kappa shape index (κ3) is 3.68. The van der Waals surface area contributed by atoms with Crippen LogP contribution in [-0.2, 0) is 4.79 Å². The quantitative estimate of drug-likeness (QED) is 0.842. The second kappa shape index (κ2) is 6.78. The topological polar surface area (TPSA) is 72.5 Å². The van der Waals surface area contributed by atoms with Gasteiger partial charge in [-0.05, 0) is 43.5 Å². The van der Waals surface area contributed by atoms with Gasteiger partial charge in [-0.1, -0.05) is 0 Å². The van der Waals surface area contributed by atoms with Gasteiger partial charge >= 0.3 is 0 Å². The molecule has 0 radical (unpaired) electrons. The number of nitrogens with zero attached hydrogens (tertiary/aromatic N) is 1. The van der Waals surface area contributed by atoms with E-state index in [1.165, 1.54) is 24.2 Å². The van der Waals surface area contributed by atoms with E-state index in [1.54, 1.807) is 0 Å². The Balaban J connectivity index is 1.37. The fourth-order valence-electron chi connectivity index (χ4n) is 2.54. The van der Waals surface area contributed by atoms with Crippen LogP contribution < -0.4 is 20.1 Å². The molecular formula is C17H19N3O3S. The molecule has 2 heterocycles. The number of carbonyl (C=O) groups excluding carboxylic acids is 1. The smallest absolute Gasteiger partial charge is 0.240 e. The number of fused-ring (bicyclic) bond motifs is 1. The van der Waals surface area contributed by atoms with E-state index in [1.807, 2.05) is 23.6 Å². The molecule has 1 saturated carbocycles. The summed E-state index contributed by atoms with van der Waals surface area (Å²) in [6, 6.07) is 5.76. The number of ether oxygens (including phenoxy) is 2. The Bertz CT molecular complexity index is 742. The third-order valence-electron chi connectivity index (χ3n) is 4.00. The van der Waals surface area contributed by atoms with Gasteiger partial charge in [0, 0.05) is 10.9 Å². The van der Waals surface area contributed by atoms with E-state index < -0.39 is 0 Å². The van der Waals surface area contributed by atoms with E-state index >= 15 is 0 Å². The van der Waals surface area contributed by atoms with Crippen molar-refractivity contribution in [1.82, 2.24) is 10.3 Å². The highest BCUT2D eigenvalue weighted by atomic mass is 32.1. The van der Waals surface area contributed by atoms with Crippen molar-refractivity contribution < 1.29 is 14.3 Å². The van der Waals surface area contributed by atoms with Crippen molar-refractivity contribution in [2.24, 2.45) is 5.92 Å². The number of hydrogen-bond acceptors (Lipinski definition) is 6. The summed E-state index contributed by atoms with van der Waals surface area (Å²) in [4.78, 5) is 16.4. The number of thiazole rings is 1. The molecular weight excluding hydrogens is 326 g/mol. The van der Waals surface area contributed by atoms with Crippen LogP contribution in [0, 0.1) is 5.92 Å². The van der Waals surface area contributed by atoms with Crippen molar-refractivity contribution in [3.63, 3.8) is 0 Å². The summed E-state index contributed by atoms with van der Waals surface area (Å²) < 4.78 is 11.1. The molecule has 0 unspecified atom stereocenters. The Morgan fingerprint density at radius 2 is 2.08 bits per heavy atom. The van der Waals surface area contributed by atoms with Crippen LogP contribution in [0.15, 0.2) is 23.6 Å². The summed E-state index contributed by atoms with van der Waals surface area (Å²) in [6.07, 6.45) is 2.56. The molecule has 0 spiro atoms. The van der Waals surface area contributed by atoms with E-state index in [2.05, 4.69) is 15.6 Å². The van der Waals surface area contributed by atoms with Crippen molar-refractivity contribution in [1.29, 1.82) is 0 Å². The van der Waals surface area contributed by atoms with Gasteiger partial charge in [-0.2, -0.15) is 0 Å². The first-order valence-electron chi connectivity index (χ1n) is 8.14. The number of amides is 1. The molecule has 24 heavy (non-hydrogen) atoms. The molecule has 2 aromatic rings. The van der Waals surface area contributed by atoms with Crippen LogP contribution in [0.1, 0.15) is 12.8 Å². The Labute approximate surface area is 144 Å². The van der Waals surface area contributed by atoms with Crippen LogP contribution >= 0.6 is 11.3 Å². The van der Waals surface area contributed by atoms with Crippen molar-refractivity contribution in [3.8, 4) is 22.8 Å². The highest BCUT2D eigenvalue weighted by molar-refractivity contribution is 7.14. The number of benzene rings is 1. The lowest BCUT2D eigenvalue weighted by molar-refractivity contribution is -0.115. The summed E-state index contributed by atoms with van der Waals surface area (Å²) in [5, 5.41) is 8.55. The van der Waals surface area contributed by atoms with Gasteiger partial charge in [0.25, 0.3) is 0 Å². The highest BCUT2D eigenvalue weighted by Crippen LogP contribution is 2.35. The predicted octanol–water partition coefficient (Wildman–Crippen LogP) is 2.52. The Morgan fingerprint density at radius 1 is 1.25 bits per heavy atom. The maximum Gasteiger partial charge on any atom is 0.240 e. The van der Waals surface area contributed by atoms with E-state index in [0.29, 0.717) is 24.9 Å². The summed E-state index contributed by atoms with van der Waals surface area (Å²) in [7, 11) is 0. The zero-order chi connectivity index (χ0) is 16.4. The lowest BCUT2D eigenvalue weighted by Gasteiger charge is -2.18. The zero-order valence-corrected chi connectivity index (χ0v) is 14.0. The molecule has 0 atom stereocenters. The number of hydrogen-bond donors (Lipinski definition) is 2. The second-order valence-corrected chi connectivity index (χ2v) is 6.88. The van der Waals surface area contributed by atoms with Gasteiger partial charge in [0.2, 0.25) is 5.91 Å². The van der Waals surface area contributed by atoms with Crippen molar-refractivity contribution in [3.05, 3.63) is 23.6 Å². The molecule has 0 bridgehead atoms. The minimum absolute atomic E-state index is 0.0567. The van der Waals surface area contributed by atoms with Crippen LogP contribution in [-0.4, -0.2) is 37.2 Å². The van der Waals surface area contributed by atoms with Crippen LogP contribution in [0.5, 0.6) is 11.5 Å². The molecule has 1 fully saturated rings. The molecule has 1 aromatic carbocycles. The molecule has 126 valence electrons. The highest BCUT2D eigenvalue weighted by Gasteiger charge is 2.20. The first kappa shape index (κ1) is 15.4. The van der Waals surface area contributed by atoms with Crippen LogP contribution in [0.25, 0.3) is 11.3 Å². The van der Waals surface area contributed by atoms with E-state index in [-0.39, 0.29) is 5.91 Å². The van der Waals surface area contributed by atoms with Gasteiger partial charge in [0.1, 0.15) is 13.2 Å². The first-order chi connectivity index (χ1) is 11.8. The summed E-state index contributed by atoms with van der Waals surface area (Å²) in [5.74, 6) is 2.20. The molecule has 1 aliphatic heterocycles. The normalized spacial score (nSPS) is 16.0. The first-order valence-corrected chi connectivity index (χ1v) is 9.02. The van der Waals surface area contributed by atoms with Crippen LogP contribution in [0.2, 0.25) is 0 Å². The molecule has 4 rings (SSSR count). The molecule has 0 saturated heterocycles. The molecule has 2 N–H and O–H groups in total. The van der Waals surface area contributed by atoms with Gasteiger partial charge in [-0.15, -0.1) is 11.3 Å². The zero-order valence-electron chi connectivity index (χ0n) is 13.2. The Morgan fingerprint density at radius 3 is 2.92 bits per heavy atom. The lowest BCUT2D eigenvalue weighted by Crippen LogP contribution is -2.29. The Hall–Kier alpha value is -2.12. The van der Waals surface area contributed by atoms with Crippen LogP contribution in [0.3, 0.4) is 0 Å². The average molecular weight is 345 g/mol. The van der Waals surface area contributed by atoms with Crippen molar-refractivity contribution in [2.75, 3.05) is 31.6 Å². The van der Waals surface area contributed by atoms with Crippen LogP contribution in [0.4, 0.5) is 5.13 Å². The second-order valence-electron chi connectivity index (χ2n) is 6.02. The van der Waals surface area contributed by atoms with E-state index in [0.717, 1.165) is 35.2 Å². The fraction of sp³-hybridized carbons (Fsp3) is 0.412. The van der Waals surface area contributed by atoms with Gasteiger partial charge in [-0.3, -0.25) is 4.79 Å². The van der Waals surface area contributed by atoms with Gasteiger partial charge in [0.05, 0.1) is 12.2 Å². The number of aromatic nitrogens is 1. The third-order valence-corrected chi connectivity index (χ3v) is 4.76. The van der Waals surface area contributed by atoms with Crippen molar-refractivity contribution >= 4 is 22.4 Å². The minimum atomic E-state index is -0.0567. The van der Waals surface area contributed by atoms with Gasteiger partial charge in [0.15, 0.2) is 16.6 Å². The Kier molecular flexibility index (Phi) is 4.36. The summed E-state index contributed by atoms with van der Waals surface area (Å²) in [5.41, 5.74) is 1.76. The summed E-state index contributed by atoms with van der Waals surface area (Å²) >= 11 is 1.42. The van der Waals surface area contributed by atoms with Crippen molar-refractivity contribution in [2.45, 2.75) is 12.8 Å².